The number of rotatable bonds is 3. The Bertz CT molecular complexity index is 864. The minimum Gasteiger partial charge on any atom is -0.508 e. The molecule has 1 spiro atoms. The monoisotopic (exact) mass is 405 g/mol. The Morgan fingerprint density at radius 2 is 2.03 bits per heavy atom. The molecule has 29 heavy (non-hydrogen) atoms. The van der Waals surface area contributed by atoms with Crippen molar-refractivity contribution in [2.45, 2.75) is 62.1 Å². The maximum atomic E-state index is 13.1. The number of phenolic OH excluding ortho intramolecular Hbond substituents is 1. The van der Waals surface area contributed by atoms with Crippen LogP contribution < -0.4 is 10.6 Å². The molecule has 1 saturated carbocycles. The number of hydrogen-bond donors (Lipinski definition) is 4. The standard InChI is InChI=1S/C21H28FN3O4/c1-13-3-4-15(26)11-16(13)19-7-9-25(10-8-22)14(2)21(19,29)6-5-20(12-19)17(27)23-18(28)24-20/h3-4,11,14,26,29H,5-10,12H2,1-2H3,(H2,23,24,27,28)/t14-,19-,20+,21-/m1/s1. The zero-order chi connectivity index (χ0) is 21.0. The number of aromatic hydroxyl groups is 1. The number of urea groups is 1. The van der Waals surface area contributed by atoms with E-state index in [2.05, 4.69) is 10.6 Å². The lowest BCUT2D eigenvalue weighted by Gasteiger charge is -2.62. The predicted octanol–water partition coefficient (Wildman–Crippen LogP) is 1.50. The van der Waals surface area contributed by atoms with E-state index >= 15 is 0 Å². The molecule has 8 heteroatoms. The van der Waals surface area contributed by atoms with Crippen LogP contribution in [0.5, 0.6) is 5.75 Å². The minimum atomic E-state index is -1.24. The first-order chi connectivity index (χ1) is 13.7. The number of imide groups is 1. The summed E-state index contributed by atoms with van der Waals surface area (Å²) in [5.74, 6) is -0.290. The molecule has 3 fully saturated rings. The van der Waals surface area contributed by atoms with E-state index in [1.807, 2.05) is 18.7 Å². The van der Waals surface area contributed by atoms with Crippen LogP contribution in [0.25, 0.3) is 0 Å². The molecule has 3 aliphatic rings. The first kappa shape index (κ1) is 20.1. The van der Waals surface area contributed by atoms with Crippen LogP contribution in [0.1, 0.15) is 43.7 Å². The van der Waals surface area contributed by atoms with Gasteiger partial charge in [0.1, 0.15) is 18.0 Å². The van der Waals surface area contributed by atoms with Gasteiger partial charge in [-0.05, 0) is 69.3 Å². The molecule has 2 heterocycles. The van der Waals surface area contributed by atoms with E-state index in [0.29, 0.717) is 19.4 Å². The van der Waals surface area contributed by atoms with E-state index in [9.17, 15) is 24.2 Å². The lowest BCUT2D eigenvalue weighted by atomic mass is 9.49. The Morgan fingerprint density at radius 1 is 1.28 bits per heavy atom. The van der Waals surface area contributed by atoms with Gasteiger partial charge in [-0.25, -0.2) is 9.18 Å². The fourth-order valence-electron chi connectivity index (χ4n) is 5.97. The number of aliphatic hydroxyl groups is 1. The molecular weight excluding hydrogens is 377 g/mol. The number of likely N-dealkylation sites (tertiary alicyclic amines) is 1. The van der Waals surface area contributed by atoms with Gasteiger partial charge in [0.15, 0.2) is 0 Å². The number of nitrogens with one attached hydrogen (secondary N) is 2. The van der Waals surface area contributed by atoms with E-state index in [1.165, 1.54) is 0 Å². The number of amides is 3. The summed E-state index contributed by atoms with van der Waals surface area (Å²) < 4.78 is 13.1. The van der Waals surface area contributed by atoms with Crippen molar-refractivity contribution in [3.05, 3.63) is 29.3 Å². The molecule has 4 atom stereocenters. The molecule has 4 rings (SSSR count). The van der Waals surface area contributed by atoms with Crippen LogP contribution in [0.2, 0.25) is 0 Å². The van der Waals surface area contributed by atoms with E-state index in [-0.39, 0.29) is 37.1 Å². The van der Waals surface area contributed by atoms with Gasteiger partial charge >= 0.3 is 6.03 Å². The quantitative estimate of drug-likeness (QED) is 0.571. The Balaban J connectivity index is 1.87. The van der Waals surface area contributed by atoms with E-state index < -0.39 is 29.3 Å². The smallest absolute Gasteiger partial charge is 0.322 e. The highest BCUT2D eigenvalue weighted by molar-refractivity contribution is 6.07. The van der Waals surface area contributed by atoms with Crippen molar-refractivity contribution < 1.29 is 24.2 Å². The summed E-state index contributed by atoms with van der Waals surface area (Å²) >= 11 is 0. The van der Waals surface area contributed by atoms with Gasteiger partial charge in [0.05, 0.1) is 5.60 Å². The van der Waals surface area contributed by atoms with Crippen LogP contribution in [0.4, 0.5) is 9.18 Å². The average molecular weight is 405 g/mol. The van der Waals surface area contributed by atoms with E-state index in [1.54, 1.807) is 18.2 Å². The zero-order valence-corrected chi connectivity index (χ0v) is 16.8. The van der Waals surface area contributed by atoms with Crippen LogP contribution in [0, 0.1) is 6.92 Å². The molecular formula is C21H28FN3O4. The molecule has 1 aromatic carbocycles. The number of alkyl halides is 1. The molecule has 1 aromatic rings. The third-order valence-corrected chi connectivity index (χ3v) is 7.55. The Kier molecular flexibility index (Phi) is 4.62. The molecule has 0 bridgehead atoms. The fourth-order valence-corrected chi connectivity index (χ4v) is 5.97. The van der Waals surface area contributed by atoms with Crippen LogP contribution >= 0.6 is 0 Å². The largest absolute Gasteiger partial charge is 0.508 e. The molecule has 4 N–H and O–H groups in total. The second-order valence-corrected chi connectivity index (χ2v) is 8.82. The molecule has 0 radical (unpaired) electrons. The van der Waals surface area contributed by atoms with Crippen molar-refractivity contribution in [1.82, 2.24) is 15.5 Å². The third kappa shape index (κ3) is 2.76. The Hall–Kier alpha value is -2.19. The van der Waals surface area contributed by atoms with Crippen molar-refractivity contribution in [3.63, 3.8) is 0 Å². The van der Waals surface area contributed by atoms with Gasteiger partial charge in [-0.3, -0.25) is 15.0 Å². The maximum Gasteiger partial charge on any atom is 0.322 e. The van der Waals surface area contributed by atoms with Gasteiger partial charge < -0.3 is 15.5 Å². The van der Waals surface area contributed by atoms with Gasteiger partial charge in [-0.2, -0.15) is 0 Å². The summed E-state index contributed by atoms with van der Waals surface area (Å²) in [4.78, 5) is 26.6. The molecule has 3 amide bonds. The third-order valence-electron chi connectivity index (χ3n) is 7.55. The highest BCUT2D eigenvalue weighted by Gasteiger charge is 2.66. The highest BCUT2D eigenvalue weighted by Crippen LogP contribution is 2.57. The topological polar surface area (TPSA) is 102 Å². The number of benzene rings is 1. The van der Waals surface area contributed by atoms with Gasteiger partial charge in [0.2, 0.25) is 0 Å². The number of nitrogens with zero attached hydrogens (tertiary/aromatic N) is 1. The van der Waals surface area contributed by atoms with Crippen molar-refractivity contribution in [2.24, 2.45) is 0 Å². The summed E-state index contributed by atoms with van der Waals surface area (Å²) in [6.45, 7) is 4.10. The van der Waals surface area contributed by atoms with Crippen molar-refractivity contribution in [3.8, 4) is 5.75 Å². The zero-order valence-electron chi connectivity index (χ0n) is 16.8. The summed E-state index contributed by atoms with van der Waals surface area (Å²) in [5, 5.41) is 27.4. The first-order valence-electron chi connectivity index (χ1n) is 10.1. The SMILES string of the molecule is Cc1ccc(O)cc1[C@]12CCN(CCF)[C@H](C)[C@]1(O)CC[C@@]1(C2)NC(=O)NC1=O. The average Bonchev–Trinajstić information content (AvgIpc) is 2.95. The van der Waals surface area contributed by atoms with Gasteiger partial charge in [0, 0.05) is 18.0 Å². The van der Waals surface area contributed by atoms with Crippen LogP contribution in [-0.2, 0) is 10.2 Å². The van der Waals surface area contributed by atoms with Crippen LogP contribution in [-0.4, -0.2) is 64.0 Å². The fraction of sp³-hybridized carbons (Fsp3) is 0.619. The van der Waals surface area contributed by atoms with Crippen LogP contribution in [0.15, 0.2) is 18.2 Å². The molecule has 2 saturated heterocycles. The lowest BCUT2D eigenvalue weighted by Crippen LogP contribution is -2.73. The number of fused-ring (bicyclic) bond motifs is 1. The number of carbonyl (C=O) groups is 2. The number of phenols is 1. The second-order valence-electron chi connectivity index (χ2n) is 8.82. The van der Waals surface area contributed by atoms with Gasteiger partial charge in [0.25, 0.3) is 5.91 Å². The number of carbonyl (C=O) groups excluding carboxylic acids is 2. The molecule has 158 valence electrons. The number of halogens is 1. The lowest BCUT2D eigenvalue weighted by molar-refractivity contribution is -0.170. The van der Waals surface area contributed by atoms with Gasteiger partial charge in [-0.1, -0.05) is 6.07 Å². The van der Waals surface area contributed by atoms with E-state index in [4.69, 9.17) is 0 Å². The molecule has 0 unspecified atom stereocenters. The van der Waals surface area contributed by atoms with Crippen molar-refractivity contribution >= 4 is 11.9 Å². The first-order valence-corrected chi connectivity index (χ1v) is 10.1. The Morgan fingerprint density at radius 3 is 2.69 bits per heavy atom. The molecule has 7 nitrogen and oxygen atoms in total. The molecule has 2 aliphatic heterocycles. The van der Waals surface area contributed by atoms with E-state index in [0.717, 1.165) is 11.1 Å². The molecule has 0 aromatic heterocycles. The second kappa shape index (κ2) is 6.67. The Labute approximate surface area is 169 Å². The summed E-state index contributed by atoms with van der Waals surface area (Å²) in [6, 6.07) is 4.19. The normalized spacial score (nSPS) is 37.3. The summed E-state index contributed by atoms with van der Waals surface area (Å²) in [5.41, 5.74) is -1.52. The maximum absolute atomic E-state index is 13.1. The number of piperidine rings is 1. The van der Waals surface area contributed by atoms with Crippen molar-refractivity contribution in [1.29, 1.82) is 0 Å². The summed E-state index contributed by atoms with van der Waals surface area (Å²) in [7, 11) is 0. The van der Waals surface area contributed by atoms with Crippen molar-refractivity contribution in [2.75, 3.05) is 19.8 Å². The number of aryl methyl sites for hydroxylation is 1. The van der Waals surface area contributed by atoms with Gasteiger partial charge in [-0.15, -0.1) is 0 Å². The number of hydrogen-bond acceptors (Lipinski definition) is 5. The molecule has 1 aliphatic carbocycles. The summed E-state index contributed by atoms with van der Waals surface area (Å²) in [6.07, 6.45) is 1.30. The predicted molar refractivity (Wildman–Crippen MR) is 104 cm³/mol. The van der Waals surface area contributed by atoms with Crippen LogP contribution in [0.3, 0.4) is 0 Å². The highest BCUT2D eigenvalue weighted by atomic mass is 19.1. The minimum absolute atomic E-state index is 0.0840.